The summed E-state index contributed by atoms with van der Waals surface area (Å²) in [5.41, 5.74) is 7.77. The zero-order valence-corrected chi connectivity index (χ0v) is 19.2. The lowest BCUT2D eigenvalue weighted by Crippen LogP contribution is -2.47. The van der Waals surface area contributed by atoms with Crippen LogP contribution in [0.1, 0.15) is 18.9 Å². The molecule has 0 saturated carbocycles. The minimum atomic E-state index is 0.133. The first-order valence-electron chi connectivity index (χ1n) is 11.3. The molecule has 0 spiro atoms. The molecule has 1 heterocycles. The van der Waals surface area contributed by atoms with Gasteiger partial charge in [0.2, 0.25) is 0 Å². The Hall–Kier alpha value is -2.62. The number of hydrogen-bond donors (Lipinski definition) is 0. The molecule has 0 N–H and O–H groups in total. The van der Waals surface area contributed by atoms with Crippen molar-refractivity contribution in [2.75, 3.05) is 39.2 Å². The summed E-state index contributed by atoms with van der Waals surface area (Å²) in [5, 5.41) is 0. The van der Waals surface area contributed by atoms with Crippen molar-refractivity contribution in [1.82, 2.24) is 4.90 Å². The summed E-state index contributed by atoms with van der Waals surface area (Å²) in [6.07, 6.45) is 2.35. The number of ether oxygens (including phenoxy) is 1. The van der Waals surface area contributed by atoms with Gasteiger partial charge in [-0.1, -0.05) is 66.7 Å². The Morgan fingerprint density at radius 1 is 0.871 bits per heavy atom. The molecule has 0 bridgehead atoms. The van der Waals surface area contributed by atoms with Crippen LogP contribution in [-0.2, 0) is 11.2 Å². The van der Waals surface area contributed by atoms with E-state index in [9.17, 15) is 0 Å². The Morgan fingerprint density at radius 3 is 2.10 bits per heavy atom. The van der Waals surface area contributed by atoms with Gasteiger partial charge in [-0.15, -0.1) is 0 Å². The first kappa shape index (κ1) is 21.6. The third-order valence-corrected chi connectivity index (χ3v) is 6.44. The lowest BCUT2D eigenvalue weighted by atomic mass is 9.86. The molecule has 31 heavy (non-hydrogen) atoms. The minimum Gasteiger partial charge on any atom is -0.361 e. The summed E-state index contributed by atoms with van der Waals surface area (Å²) in [7, 11) is 6.14. The van der Waals surface area contributed by atoms with Crippen LogP contribution in [0.3, 0.4) is 0 Å². The number of anilines is 1. The molecule has 1 aliphatic rings. The predicted octanol–water partition coefficient (Wildman–Crippen LogP) is 5.94. The number of hydrogen-bond acceptors (Lipinski definition) is 3. The van der Waals surface area contributed by atoms with Crippen molar-refractivity contribution >= 4 is 5.69 Å². The Bertz CT molecular complexity index is 982. The van der Waals surface area contributed by atoms with Gasteiger partial charge in [-0.3, -0.25) is 0 Å². The molecule has 3 heteroatoms. The molecule has 1 aliphatic heterocycles. The SMILES string of the molecule is CCN1c2cc(-c3ccc(-c4ccccc4)cc3)ccc2CC(CCN(C)C)C1OC. The largest absolute Gasteiger partial charge is 0.361 e. The van der Waals surface area contributed by atoms with Crippen LogP contribution in [-0.4, -0.2) is 45.4 Å². The third-order valence-electron chi connectivity index (χ3n) is 6.44. The minimum absolute atomic E-state index is 0.133. The fourth-order valence-corrected chi connectivity index (χ4v) is 4.78. The summed E-state index contributed by atoms with van der Waals surface area (Å²) in [4.78, 5) is 4.71. The lowest BCUT2D eigenvalue weighted by Gasteiger charge is -2.43. The van der Waals surface area contributed by atoms with E-state index in [0.29, 0.717) is 5.92 Å². The van der Waals surface area contributed by atoms with Crippen molar-refractivity contribution < 1.29 is 4.74 Å². The fourth-order valence-electron chi connectivity index (χ4n) is 4.78. The van der Waals surface area contributed by atoms with Crippen LogP contribution in [0.15, 0.2) is 72.8 Å². The molecule has 0 fully saturated rings. The fraction of sp³-hybridized carbons (Fsp3) is 0.357. The van der Waals surface area contributed by atoms with Gasteiger partial charge >= 0.3 is 0 Å². The van der Waals surface area contributed by atoms with Crippen LogP contribution in [0.2, 0.25) is 0 Å². The molecule has 3 aromatic rings. The molecule has 0 saturated heterocycles. The monoisotopic (exact) mass is 414 g/mol. The zero-order valence-electron chi connectivity index (χ0n) is 19.2. The van der Waals surface area contributed by atoms with E-state index in [0.717, 1.165) is 25.9 Å². The maximum absolute atomic E-state index is 6.01. The van der Waals surface area contributed by atoms with Gasteiger partial charge in [-0.05, 0) is 74.3 Å². The lowest BCUT2D eigenvalue weighted by molar-refractivity contribution is 0.0385. The van der Waals surface area contributed by atoms with Crippen molar-refractivity contribution in [3.05, 3.63) is 78.4 Å². The van der Waals surface area contributed by atoms with Gasteiger partial charge in [0.05, 0.1) is 0 Å². The van der Waals surface area contributed by atoms with E-state index in [2.05, 4.69) is 104 Å². The van der Waals surface area contributed by atoms with E-state index in [1.165, 1.54) is 33.5 Å². The van der Waals surface area contributed by atoms with E-state index in [1.54, 1.807) is 0 Å². The van der Waals surface area contributed by atoms with Gasteiger partial charge in [-0.25, -0.2) is 0 Å². The normalized spacial score (nSPS) is 18.3. The van der Waals surface area contributed by atoms with E-state index in [-0.39, 0.29) is 6.23 Å². The average Bonchev–Trinajstić information content (AvgIpc) is 2.82. The van der Waals surface area contributed by atoms with Gasteiger partial charge in [0, 0.05) is 25.3 Å². The standard InChI is InChI=1S/C28H34N2O/c1-5-30-27-20-24(23-13-11-22(12-14-23)21-9-7-6-8-10-21)15-16-25(27)19-26(28(30)31-4)17-18-29(2)3/h6-16,20,26,28H,5,17-19H2,1-4H3. The predicted molar refractivity (Wildman–Crippen MR) is 131 cm³/mol. The molecule has 0 aliphatic carbocycles. The molecule has 0 amide bonds. The third kappa shape index (κ3) is 4.68. The average molecular weight is 415 g/mol. The molecule has 3 aromatic carbocycles. The molecular formula is C28H34N2O. The van der Waals surface area contributed by atoms with Gasteiger partial charge in [0.25, 0.3) is 0 Å². The Labute approximate surface area is 187 Å². The van der Waals surface area contributed by atoms with Gasteiger partial charge in [0.15, 0.2) is 0 Å². The second-order valence-electron chi connectivity index (χ2n) is 8.76. The summed E-state index contributed by atoms with van der Waals surface area (Å²) in [5.74, 6) is 0.510. The van der Waals surface area contributed by atoms with E-state index in [1.807, 2.05) is 7.11 Å². The van der Waals surface area contributed by atoms with Crippen LogP contribution in [0.5, 0.6) is 0 Å². The van der Waals surface area contributed by atoms with Crippen molar-refractivity contribution in [2.24, 2.45) is 5.92 Å². The Kier molecular flexibility index (Phi) is 6.74. The Balaban J connectivity index is 1.62. The number of methoxy groups -OCH3 is 1. The van der Waals surface area contributed by atoms with Gasteiger partial charge < -0.3 is 14.5 Å². The van der Waals surface area contributed by atoms with Gasteiger partial charge in [-0.2, -0.15) is 0 Å². The van der Waals surface area contributed by atoms with Crippen LogP contribution in [0, 0.1) is 5.92 Å². The van der Waals surface area contributed by atoms with Gasteiger partial charge in [0.1, 0.15) is 6.23 Å². The maximum Gasteiger partial charge on any atom is 0.132 e. The number of benzene rings is 3. The summed E-state index contributed by atoms with van der Waals surface area (Å²) in [6.45, 7) is 4.26. The number of fused-ring (bicyclic) bond motifs is 1. The molecule has 2 unspecified atom stereocenters. The Morgan fingerprint density at radius 2 is 1.48 bits per heavy atom. The van der Waals surface area contributed by atoms with Crippen LogP contribution >= 0.6 is 0 Å². The van der Waals surface area contributed by atoms with Crippen molar-refractivity contribution in [3.63, 3.8) is 0 Å². The highest BCUT2D eigenvalue weighted by molar-refractivity contribution is 5.74. The summed E-state index contributed by atoms with van der Waals surface area (Å²) in [6, 6.07) is 26.4. The number of rotatable bonds is 7. The van der Waals surface area contributed by atoms with E-state index < -0.39 is 0 Å². The maximum atomic E-state index is 6.01. The summed E-state index contributed by atoms with van der Waals surface area (Å²) >= 11 is 0. The van der Waals surface area contributed by atoms with Crippen LogP contribution in [0.25, 0.3) is 22.3 Å². The quantitative estimate of drug-likeness (QED) is 0.476. The second-order valence-corrected chi connectivity index (χ2v) is 8.76. The zero-order chi connectivity index (χ0) is 21.8. The molecule has 162 valence electrons. The number of nitrogens with zero attached hydrogens (tertiary/aromatic N) is 2. The van der Waals surface area contributed by atoms with Crippen LogP contribution in [0.4, 0.5) is 5.69 Å². The molecule has 4 rings (SSSR count). The highest BCUT2D eigenvalue weighted by Gasteiger charge is 2.33. The highest BCUT2D eigenvalue weighted by Crippen LogP contribution is 2.38. The molecule has 0 aromatic heterocycles. The van der Waals surface area contributed by atoms with Crippen molar-refractivity contribution in [3.8, 4) is 22.3 Å². The molecule has 2 atom stereocenters. The molecule has 3 nitrogen and oxygen atoms in total. The van der Waals surface area contributed by atoms with E-state index >= 15 is 0 Å². The van der Waals surface area contributed by atoms with Crippen molar-refractivity contribution in [2.45, 2.75) is 26.0 Å². The van der Waals surface area contributed by atoms with E-state index in [4.69, 9.17) is 4.74 Å². The smallest absolute Gasteiger partial charge is 0.132 e. The highest BCUT2D eigenvalue weighted by atomic mass is 16.5. The molecule has 0 radical (unpaired) electrons. The van der Waals surface area contributed by atoms with Crippen LogP contribution < -0.4 is 4.90 Å². The topological polar surface area (TPSA) is 15.7 Å². The second kappa shape index (κ2) is 9.67. The first-order valence-corrected chi connectivity index (χ1v) is 11.3. The molecular weight excluding hydrogens is 380 g/mol. The first-order chi connectivity index (χ1) is 15.1. The van der Waals surface area contributed by atoms with Crippen molar-refractivity contribution in [1.29, 1.82) is 0 Å². The summed E-state index contributed by atoms with van der Waals surface area (Å²) < 4.78 is 6.01.